The van der Waals surface area contributed by atoms with Gasteiger partial charge in [0.2, 0.25) is 5.91 Å². The topological polar surface area (TPSA) is 75.6 Å². The molecule has 2 rings (SSSR count). The fourth-order valence-corrected chi connectivity index (χ4v) is 4.60. The van der Waals surface area contributed by atoms with Crippen LogP contribution in [0.2, 0.25) is 0 Å². The van der Waals surface area contributed by atoms with Crippen molar-refractivity contribution in [3.05, 3.63) is 0 Å². The van der Waals surface area contributed by atoms with Crippen molar-refractivity contribution < 1.29 is 19.4 Å². The molecular formula is C18H31NO4. The molecule has 23 heavy (non-hydrogen) atoms. The Kier molecular flexibility index (Phi) is 6.06. The highest BCUT2D eigenvalue weighted by Gasteiger charge is 2.35. The van der Waals surface area contributed by atoms with E-state index in [0.29, 0.717) is 31.5 Å². The Balaban J connectivity index is 1.90. The average molecular weight is 325 g/mol. The minimum Gasteiger partial charge on any atom is -0.480 e. The minimum atomic E-state index is -0.953. The van der Waals surface area contributed by atoms with E-state index in [-0.39, 0.29) is 17.2 Å². The first-order valence-corrected chi connectivity index (χ1v) is 8.87. The van der Waals surface area contributed by atoms with Crippen LogP contribution in [0.3, 0.4) is 0 Å². The first-order chi connectivity index (χ1) is 10.8. The zero-order valence-electron chi connectivity index (χ0n) is 14.6. The fraction of sp³-hybridized carbons (Fsp3) is 0.889. The van der Waals surface area contributed by atoms with Crippen LogP contribution < -0.4 is 5.32 Å². The molecule has 0 bridgehead atoms. The number of rotatable bonds is 5. The van der Waals surface area contributed by atoms with E-state index in [9.17, 15) is 14.7 Å². The number of carbonyl (C=O) groups excluding carboxylic acids is 1. The van der Waals surface area contributed by atoms with Gasteiger partial charge in [-0.15, -0.1) is 0 Å². The van der Waals surface area contributed by atoms with Gasteiger partial charge in [-0.05, 0) is 49.4 Å². The van der Waals surface area contributed by atoms with Gasteiger partial charge >= 0.3 is 5.97 Å². The number of nitrogens with one attached hydrogen (secondary N) is 1. The molecule has 2 N–H and O–H groups in total. The van der Waals surface area contributed by atoms with Crippen LogP contribution in [-0.2, 0) is 14.3 Å². The number of carboxylic acid groups (broad SMARTS) is 1. The molecule has 1 saturated carbocycles. The van der Waals surface area contributed by atoms with Crippen molar-refractivity contribution in [2.24, 2.45) is 23.2 Å². The van der Waals surface area contributed by atoms with E-state index in [4.69, 9.17) is 4.74 Å². The number of ether oxygens (including phenoxy) is 1. The van der Waals surface area contributed by atoms with Gasteiger partial charge in [-0.2, -0.15) is 0 Å². The van der Waals surface area contributed by atoms with E-state index in [2.05, 4.69) is 26.1 Å². The smallest absolute Gasteiger partial charge is 0.326 e. The van der Waals surface area contributed by atoms with Crippen LogP contribution in [0.25, 0.3) is 0 Å². The molecule has 5 nitrogen and oxygen atoms in total. The number of carboxylic acids is 1. The molecule has 1 amide bonds. The molecule has 2 aliphatic rings. The second-order valence-electron chi connectivity index (χ2n) is 8.34. The average Bonchev–Trinajstić information content (AvgIpc) is 2.43. The Morgan fingerprint density at radius 1 is 1.35 bits per heavy atom. The molecule has 1 saturated heterocycles. The van der Waals surface area contributed by atoms with E-state index in [1.54, 1.807) is 0 Å². The van der Waals surface area contributed by atoms with E-state index < -0.39 is 12.0 Å². The van der Waals surface area contributed by atoms with Crippen molar-refractivity contribution in [2.75, 3.05) is 13.2 Å². The van der Waals surface area contributed by atoms with Gasteiger partial charge < -0.3 is 15.2 Å². The van der Waals surface area contributed by atoms with Crippen molar-refractivity contribution in [3.63, 3.8) is 0 Å². The maximum Gasteiger partial charge on any atom is 0.326 e. The molecule has 1 aliphatic heterocycles. The molecule has 2 fully saturated rings. The summed E-state index contributed by atoms with van der Waals surface area (Å²) in [4.78, 5) is 23.9. The molecule has 132 valence electrons. The van der Waals surface area contributed by atoms with E-state index in [1.807, 2.05) is 0 Å². The van der Waals surface area contributed by atoms with Gasteiger partial charge in [0.15, 0.2) is 0 Å². The van der Waals surface area contributed by atoms with Crippen molar-refractivity contribution in [2.45, 2.75) is 65.3 Å². The molecule has 5 heteroatoms. The van der Waals surface area contributed by atoms with E-state index in [0.717, 1.165) is 25.7 Å². The second-order valence-corrected chi connectivity index (χ2v) is 8.34. The number of hydrogen-bond acceptors (Lipinski definition) is 3. The highest BCUT2D eigenvalue weighted by molar-refractivity contribution is 5.83. The lowest BCUT2D eigenvalue weighted by Gasteiger charge is -2.39. The third-order valence-corrected chi connectivity index (χ3v) is 5.20. The van der Waals surface area contributed by atoms with Crippen LogP contribution in [0, 0.1) is 23.2 Å². The lowest BCUT2D eigenvalue weighted by molar-refractivity contribution is -0.145. The van der Waals surface area contributed by atoms with Gasteiger partial charge in [0.1, 0.15) is 6.04 Å². The first kappa shape index (κ1) is 18.2. The summed E-state index contributed by atoms with van der Waals surface area (Å²) in [6, 6.07) is -0.822. The van der Waals surface area contributed by atoms with Crippen LogP contribution in [0.5, 0.6) is 0 Å². The van der Waals surface area contributed by atoms with Gasteiger partial charge in [-0.1, -0.05) is 20.8 Å². The molecule has 0 spiro atoms. The van der Waals surface area contributed by atoms with Crippen molar-refractivity contribution in [1.82, 2.24) is 5.32 Å². The summed E-state index contributed by atoms with van der Waals surface area (Å²) in [6.45, 7) is 7.86. The highest BCUT2D eigenvalue weighted by atomic mass is 16.5. The summed E-state index contributed by atoms with van der Waals surface area (Å²) in [5.41, 5.74) is 0.270. The van der Waals surface area contributed by atoms with E-state index >= 15 is 0 Å². The SMILES string of the molecule is CC1CC(CC(=O)NC(C(=O)O)C2CCCOC2)CC(C)(C)C1. The second kappa shape index (κ2) is 7.65. The van der Waals surface area contributed by atoms with E-state index in [1.165, 1.54) is 6.42 Å². The fourth-order valence-electron chi connectivity index (χ4n) is 4.60. The third kappa shape index (κ3) is 5.48. The number of hydrogen-bond donors (Lipinski definition) is 2. The molecule has 0 aromatic heterocycles. The summed E-state index contributed by atoms with van der Waals surface area (Å²) in [6.07, 6.45) is 5.38. The monoisotopic (exact) mass is 325 g/mol. The molecule has 0 aromatic carbocycles. The summed E-state index contributed by atoms with van der Waals surface area (Å²) in [7, 11) is 0. The third-order valence-electron chi connectivity index (χ3n) is 5.20. The van der Waals surface area contributed by atoms with Gasteiger partial charge in [-0.3, -0.25) is 4.79 Å². The molecule has 1 aliphatic carbocycles. The number of aliphatic carboxylic acids is 1. The Labute approximate surface area is 139 Å². The first-order valence-electron chi connectivity index (χ1n) is 8.87. The van der Waals surface area contributed by atoms with Gasteiger partial charge in [-0.25, -0.2) is 4.79 Å². The van der Waals surface area contributed by atoms with Crippen LogP contribution in [0.1, 0.15) is 59.3 Å². The van der Waals surface area contributed by atoms with Crippen LogP contribution >= 0.6 is 0 Å². The quantitative estimate of drug-likeness (QED) is 0.815. The summed E-state index contributed by atoms with van der Waals surface area (Å²) in [5, 5.41) is 12.2. The standard InChI is InChI=1S/C18H31NO4/c1-12-7-13(10-18(2,3)9-12)8-15(20)19-16(17(21)22)14-5-4-6-23-11-14/h12-14,16H,4-11H2,1-3H3,(H,19,20)(H,21,22). The maximum atomic E-state index is 12.4. The van der Waals surface area contributed by atoms with Crippen LogP contribution in [0.15, 0.2) is 0 Å². The zero-order valence-corrected chi connectivity index (χ0v) is 14.6. The normalized spacial score (nSPS) is 32.0. The number of carbonyl (C=O) groups is 2. The Morgan fingerprint density at radius 2 is 2.09 bits per heavy atom. The van der Waals surface area contributed by atoms with Crippen molar-refractivity contribution in [1.29, 1.82) is 0 Å². The van der Waals surface area contributed by atoms with Crippen molar-refractivity contribution >= 4 is 11.9 Å². The molecule has 4 atom stereocenters. The lowest BCUT2D eigenvalue weighted by atomic mass is 9.67. The van der Waals surface area contributed by atoms with Gasteiger partial charge in [0.05, 0.1) is 6.61 Å². The predicted molar refractivity (Wildman–Crippen MR) is 88.0 cm³/mol. The molecule has 4 unspecified atom stereocenters. The Morgan fingerprint density at radius 3 is 2.65 bits per heavy atom. The highest BCUT2D eigenvalue weighted by Crippen LogP contribution is 2.42. The van der Waals surface area contributed by atoms with Crippen LogP contribution in [-0.4, -0.2) is 36.2 Å². The van der Waals surface area contributed by atoms with Crippen molar-refractivity contribution in [3.8, 4) is 0 Å². The van der Waals surface area contributed by atoms with Crippen LogP contribution in [0.4, 0.5) is 0 Å². The largest absolute Gasteiger partial charge is 0.480 e. The molecule has 0 aromatic rings. The predicted octanol–water partition coefficient (Wildman–Crippen LogP) is 2.83. The minimum absolute atomic E-state index is 0.119. The Hall–Kier alpha value is -1.10. The number of amides is 1. The summed E-state index contributed by atoms with van der Waals surface area (Å²) >= 11 is 0. The molecule has 1 heterocycles. The van der Waals surface area contributed by atoms with Gasteiger partial charge in [0, 0.05) is 18.9 Å². The zero-order chi connectivity index (χ0) is 17.0. The molecule has 0 radical (unpaired) electrons. The van der Waals surface area contributed by atoms with Gasteiger partial charge in [0.25, 0.3) is 0 Å². The summed E-state index contributed by atoms with van der Waals surface area (Å²) < 4.78 is 5.37. The molecular weight excluding hydrogens is 294 g/mol. The lowest BCUT2D eigenvalue weighted by Crippen LogP contribution is -2.49. The Bertz CT molecular complexity index is 429. The maximum absolute atomic E-state index is 12.4. The summed E-state index contributed by atoms with van der Waals surface area (Å²) in [5.74, 6) is -0.222.